The van der Waals surface area contributed by atoms with E-state index in [4.69, 9.17) is 5.11 Å². The van der Waals surface area contributed by atoms with Gasteiger partial charge in [-0.05, 0) is 43.2 Å². The third-order valence-corrected chi connectivity index (χ3v) is 4.35. The quantitative estimate of drug-likeness (QED) is 0.542. The molecule has 3 aromatic rings. The normalized spacial score (nSPS) is 13.6. The van der Waals surface area contributed by atoms with Gasteiger partial charge in [0, 0.05) is 30.7 Å². The summed E-state index contributed by atoms with van der Waals surface area (Å²) >= 11 is 0. The maximum atomic E-state index is 11.5. The molecule has 1 fully saturated rings. The van der Waals surface area contributed by atoms with Crippen LogP contribution in [0, 0.1) is 0 Å². The first-order valence-electron chi connectivity index (χ1n) is 8.50. The van der Waals surface area contributed by atoms with E-state index >= 15 is 0 Å². The Bertz CT molecular complexity index is 933. The van der Waals surface area contributed by atoms with Gasteiger partial charge in [-0.3, -0.25) is 4.79 Å². The number of nitrogens with zero attached hydrogens (tertiary/aromatic N) is 3. The number of likely N-dealkylation sites (N-methyl/N-ethyl adjacent to an activating group) is 1. The van der Waals surface area contributed by atoms with Crippen LogP contribution in [0.15, 0.2) is 36.5 Å². The molecule has 4 rings (SSSR count). The Balaban J connectivity index is 1.55. The van der Waals surface area contributed by atoms with E-state index in [1.165, 1.54) is 17.7 Å². The van der Waals surface area contributed by atoms with Crippen molar-refractivity contribution in [3.63, 3.8) is 0 Å². The maximum absolute atomic E-state index is 11.5. The first-order chi connectivity index (χ1) is 12.6. The van der Waals surface area contributed by atoms with Gasteiger partial charge in [-0.25, -0.2) is 0 Å². The summed E-state index contributed by atoms with van der Waals surface area (Å²) in [6, 6.07) is 9.74. The molecule has 1 saturated carbocycles. The summed E-state index contributed by atoms with van der Waals surface area (Å²) in [6.07, 6.45) is 4.18. The van der Waals surface area contributed by atoms with Crippen LogP contribution >= 0.6 is 0 Å². The van der Waals surface area contributed by atoms with Crippen LogP contribution in [0.1, 0.15) is 12.8 Å². The number of aliphatic hydroxyl groups is 1. The van der Waals surface area contributed by atoms with Gasteiger partial charge in [0.05, 0.1) is 5.39 Å². The Morgan fingerprint density at radius 3 is 2.73 bits per heavy atom. The third kappa shape index (κ3) is 3.31. The number of hydrogen-bond acceptors (Lipinski definition) is 6. The number of carbonyl (C=O) groups is 1. The molecule has 0 unspecified atom stereocenters. The van der Waals surface area contributed by atoms with Crippen molar-refractivity contribution in [1.29, 1.82) is 0 Å². The molecule has 0 atom stereocenters. The largest absolute Gasteiger partial charge is 0.387 e. The van der Waals surface area contributed by atoms with E-state index in [0.717, 1.165) is 22.5 Å². The van der Waals surface area contributed by atoms with Gasteiger partial charge in [-0.15, -0.1) is 0 Å². The lowest BCUT2D eigenvalue weighted by atomic mass is 10.2. The molecule has 1 aliphatic rings. The lowest BCUT2D eigenvalue weighted by Gasteiger charge is -2.16. The predicted molar refractivity (Wildman–Crippen MR) is 101 cm³/mol. The predicted octanol–water partition coefficient (Wildman–Crippen LogP) is 2.23. The Kier molecular flexibility index (Phi) is 4.18. The molecular formula is C18H20N6O2. The first-order valence-corrected chi connectivity index (χ1v) is 8.50. The van der Waals surface area contributed by atoms with Crippen LogP contribution in [0.3, 0.4) is 0 Å². The Morgan fingerprint density at radius 1 is 1.27 bits per heavy atom. The van der Waals surface area contributed by atoms with Crippen LogP contribution in [0.4, 0.5) is 23.1 Å². The average Bonchev–Trinajstić information content (AvgIpc) is 3.34. The van der Waals surface area contributed by atoms with E-state index in [2.05, 4.69) is 25.6 Å². The fraction of sp³-hybridized carbons (Fsp3) is 0.278. The van der Waals surface area contributed by atoms with Gasteiger partial charge < -0.3 is 25.6 Å². The highest BCUT2D eigenvalue weighted by atomic mass is 16.3. The van der Waals surface area contributed by atoms with Crippen molar-refractivity contribution in [2.24, 2.45) is 0 Å². The molecule has 1 aliphatic carbocycles. The number of benzene rings is 1. The Labute approximate surface area is 150 Å². The smallest absolute Gasteiger partial charge is 0.252 e. The molecule has 1 aromatic carbocycles. The number of carbonyl (C=O) groups excluding carboxylic acids is 1. The fourth-order valence-corrected chi connectivity index (χ4v) is 2.68. The molecule has 0 spiro atoms. The van der Waals surface area contributed by atoms with Gasteiger partial charge in [0.1, 0.15) is 18.1 Å². The lowest BCUT2D eigenvalue weighted by molar-refractivity contribution is -0.120. The molecule has 2 heterocycles. The highest BCUT2D eigenvalue weighted by Gasteiger charge is 2.23. The summed E-state index contributed by atoms with van der Waals surface area (Å²) in [5.74, 6) is 0.962. The van der Waals surface area contributed by atoms with Crippen molar-refractivity contribution in [2.75, 3.05) is 29.2 Å². The number of aromatic nitrogens is 3. The van der Waals surface area contributed by atoms with E-state index in [1.807, 2.05) is 24.4 Å². The van der Waals surface area contributed by atoms with Crippen LogP contribution in [-0.2, 0) is 4.79 Å². The summed E-state index contributed by atoms with van der Waals surface area (Å²) in [4.78, 5) is 25.2. The van der Waals surface area contributed by atoms with Gasteiger partial charge in [0.15, 0.2) is 0 Å². The maximum Gasteiger partial charge on any atom is 0.252 e. The molecule has 26 heavy (non-hydrogen) atoms. The van der Waals surface area contributed by atoms with E-state index in [-0.39, 0.29) is 5.91 Å². The Hall–Kier alpha value is -3.13. The molecular weight excluding hydrogens is 332 g/mol. The van der Waals surface area contributed by atoms with Gasteiger partial charge in [0.2, 0.25) is 5.95 Å². The van der Waals surface area contributed by atoms with Crippen LogP contribution in [0.25, 0.3) is 11.0 Å². The SMILES string of the molecule is CN(C(=O)CO)c1ccc(Nc2nc(NC3CC3)c3cc[nH]c3n2)cc1. The van der Waals surface area contributed by atoms with Crippen LogP contribution < -0.4 is 15.5 Å². The highest BCUT2D eigenvalue weighted by Crippen LogP contribution is 2.29. The molecule has 4 N–H and O–H groups in total. The summed E-state index contributed by atoms with van der Waals surface area (Å²) in [5.41, 5.74) is 2.28. The zero-order valence-electron chi connectivity index (χ0n) is 14.4. The average molecular weight is 352 g/mol. The van der Waals surface area contributed by atoms with Crippen molar-refractivity contribution in [1.82, 2.24) is 15.0 Å². The zero-order valence-corrected chi connectivity index (χ0v) is 14.4. The first kappa shape index (κ1) is 16.3. The van der Waals surface area contributed by atoms with Gasteiger partial charge in [-0.1, -0.05) is 0 Å². The molecule has 8 nitrogen and oxygen atoms in total. The van der Waals surface area contributed by atoms with Crippen molar-refractivity contribution < 1.29 is 9.90 Å². The van der Waals surface area contributed by atoms with Crippen LogP contribution in [0.5, 0.6) is 0 Å². The third-order valence-electron chi connectivity index (χ3n) is 4.35. The number of nitrogens with one attached hydrogen (secondary N) is 3. The second kappa shape index (κ2) is 6.64. The van der Waals surface area contributed by atoms with Crippen LogP contribution in [-0.4, -0.2) is 45.7 Å². The standard InChI is InChI=1S/C18H20N6O2/c1-24(15(26)10-25)13-6-4-12(5-7-13)21-18-22-16-14(8-9-19-16)17(23-18)20-11-2-3-11/h4-9,11,25H,2-3,10H2,1H3,(H3,19,20,21,22,23). The van der Waals surface area contributed by atoms with Crippen molar-refractivity contribution in [2.45, 2.75) is 18.9 Å². The van der Waals surface area contributed by atoms with Gasteiger partial charge in [0.25, 0.3) is 5.91 Å². The van der Waals surface area contributed by atoms with Crippen molar-refractivity contribution in [3.8, 4) is 0 Å². The molecule has 0 aliphatic heterocycles. The van der Waals surface area contributed by atoms with Crippen molar-refractivity contribution in [3.05, 3.63) is 36.5 Å². The number of rotatable bonds is 6. The van der Waals surface area contributed by atoms with Gasteiger partial charge >= 0.3 is 0 Å². The second-order valence-electron chi connectivity index (χ2n) is 6.34. The topological polar surface area (TPSA) is 106 Å². The molecule has 8 heteroatoms. The van der Waals surface area contributed by atoms with E-state index < -0.39 is 6.61 Å². The molecule has 0 bridgehead atoms. The van der Waals surface area contributed by atoms with E-state index in [9.17, 15) is 4.79 Å². The molecule has 0 radical (unpaired) electrons. The lowest BCUT2D eigenvalue weighted by Crippen LogP contribution is -2.28. The monoisotopic (exact) mass is 352 g/mol. The minimum Gasteiger partial charge on any atom is -0.387 e. The number of H-pyrrole nitrogens is 1. The summed E-state index contributed by atoms with van der Waals surface area (Å²) in [6.45, 7) is -0.517. The minimum absolute atomic E-state index is 0.359. The highest BCUT2D eigenvalue weighted by molar-refractivity contribution is 5.93. The van der Waals surface area contributed by atoms with Gasteiger partial charge in [-0.2, -0.15) is 9.97 Å². The molecule has 1 amide bonds. The number of fused-ring (bicyclic) bond motifs is 1. The molecule has 134 valence electrons. The second-order valence-corrected chi connectivity index (χ2v) is 6.34. The number of aliphatic hydroxyl groups excluding tert-OH is 1. The summed E-state index contributed by atoms with van der Waals surface area (Å²) < 4.78 is 0. The number of anilines is 4. The van der Waals surface area contributed by atoms with Crippen molar-refractivity contribution >= 4 is 40.1 Å². The molecule has 0 saturated heterocycles. The number of amides is 1. The zero-order chi connectivity index (χ0) is 18.1. The minimum atomic E-state index is -0.517. The fourth-order valence-electron chi connectivity index (χ4n) is 2.68. The summed E-state index contributed by atoms with van der Waals surface area (Å²) in [7, 11) is 1.62. The van der Waals surface area contributed by atoms with E-state index in [1.54, 1.807) is 19.2 Å². The summed E-state index contributed by atoms with van der Waals surface area (Å²) in [5, 5.41) is 16.6. The Morgan fingerprint density at radius 2 is 2.04 bits per heavy atom. The molecule has 2 aromatic heterocycles. The number of hydrogen-bond donors (Lipinski definition) is 4. The number of aromatic amines is 1. The van der Waals surface area contributed by atoms with Crippen LogP contribution in [0.2, 0.25) is 0 Å². The van der Waals surface area contributed by atoms with E-state index in [0.29, 0.717) is 17.7 Å².